The van der Waals surface area contributed by atoms with Crippen molar-refractivity contribution in [3.63, 3.8) is 0 Å². The van der Waals surface area contributed by atoms with Crippen LogP contribution in [0.1, 0.15) is 15.9 Å². The zero-order chi connectivity index (χ0) is 21.8. The monoisotopic (exact) mass is 432 g/mol. The summed E-state index contributed by atoms with van der Waals surface area (Å²) in [6.45, 7) is 1.93. The summed E-state index contributed by atoms with van der Waals surface area (Å²) in [5.74, 6) is 0.401. The van der Waals surface area contributed by atoms with E-state index in [-0.39, 0.29) is 6.54 Å². The molecule has 4 aromatic rings. The fourth-order valence-corrected chi connectivity index (χ4v) is 4.31. The molecule has 6 nitrogen and oxygen atoms in total. The van der Waals surface area contributed by atoms with Crippen molar-refractivity contribution in [2.24, 2.45) is 4.99 Å². The van der Waals surface area contributed by atoms with Crippen molar-refractivity contribution >= 4 is 33.4 Å². The standard InChI is InChI=1S/C24H20N2O4S/c1-16-8-6-13-20-22(16)26(15-21(27)29-2)24(31-20)25-23(28)17-9-7-12-19(14-17)30-18-10-4-3-5-11-18/h3-14H,15H2,1-2H3. The highest BCUT2D eigenvalue weighted by Gasteiger charge is 2.14. The maximum absolute atomic E-state index is 12.9. The summed E-state index contributed by atoms with van der Waals surface area (Å²) in [5, 5.41) is 0. The summed E-state index contributed by atoms with van der Waals surface area (Å²) in [6, 6.07) is 22.1. The van der Waals surface area contributed by atoms with Crippen molar-refractivity contribution in [2.75, 3.05) is 7.11 Å². The number of benzene rings is 3. The Bertz CT molecular complexity index is 1320. The molecule has 0 spiro atoms. The number of ether oxygens (including phenoxy) is 2. The van der Waals surface area contributed by atoms with Gasteiger partial charge in [-0.15, -0.1) is 0 Å². The van der Waals surface area contributed by atoms with Crippen LogP contribution in [-0.2, 0) is 16.1 Å². The average Bonchev–Trinajstić information content (AvgIpc) is 3.12. The second-order valence-electron chi connectivity index (χ2n) is 6.83. The summed E-state index contributed by atoms with van der Waals surface area (Å²) >= 11 is 1.36. The van der Waals surface area contributed by atoms with Crippen LogP contribution in [0.4, 0.5) is 0 Å². The fraction of sp³-hybridized carbons (Fsp3) is 0.125. The molecule has 0 unspecified atom stereocenters. The van der Waals surface area contributed by atoms with Crippen molar-refractivity contribution in [1.82, 2.24) is 4.57 Å². The van der Waals surface area contributed by atoms with E-state index in [1.165, 1.54) is 18.4 Å². The number of nitrogens with zero attached hydrogens (tertiary/aromatic N) is 2. The lowest BCUT2D eigenvalue weighted by molar-refractivity contribution is -0.141. The predicted octanol–water partition coefficient (Wildman–Crippen LogP) is 4.72. The molecule has 0 saturated heterocycles. The van der Waals surface area contributed by atoms with Crippen LogP contribution in [-0.4, -0.2) is 23.6 Å². The highest BCUT2D eigenvalue weighted by Crippen LogP contribution is 2.23. The smallest absolute Gasteiger partial charge is 0.325 e. The average molecular weight is 433 g/mol. The lowest BCUT2D eigenvalue weighted by atomic mass is 10.2. The van der Waals surface area contributed by atoms with Crippen molar-refractivity contribution in [3.05, 3.63) is 88.7 Å². The second kappa shape index (κ2) is 8.97. The number of aromatic nitrogens is 1. The molecule has 0 bridgehead atoms. The molecule has 31 heavy (non-hydrogen) atoms. The number of carbonyl (C=O) groups excluding carboxylic acids is 2. The van der Waals surface area contributed by atoms with E-state index in [1.54, 1.807) is 28.8 Å². The second-order valence-corrected chi connectivity index (χ2v) is 7.84. The molecule has 0 radical (unpaired) electrons. The summed E-state index contributed by atoms with van der Waals surface area (Å²) in [5.41, 5.74) is 2.25. The van der Waals surface area contributed by atoms with Gasteiger partial charge in [0.05, 0.1) is 17.3 Å². The SMILES string of the molecule is COC(=O)Cn1c(=NC(=O)c2cccc(Oc3ccccc3)c2)sc2cccc(C)c21. The third-order valence-corrected chi connectivity index (χ3v) is 5.72. The van der Waals surface area contributed by atoms with E-state index in [0.29, 0.717) is 21.9 Å². The zero-order valence-electron chi connectivity index (χ0n) is 17.1. The molecule has 4 rings (SSSR count). The van der Waals surface area contributed by atoms with E-state index in [9.17, 15) is 9.59 Å². The van der Waals surface area contributed by atoms with Gasteiger partial charge >= 0.3 is 5.97 Å². The third kappa shape index (κ3) is 4.57. The van der Waals surface area contributed by atoms with Crippen LogP contribution in [0.15, 0.2) is 77.8 Å². The first kappa shape index (κ1) is 20.6. The molecule has 156 valence electrons. The van der Waals surface area contributed by atoms with Crippen LogP contribution >= 0.6 is 11.3 Å². The predicted molar refractivity (Wildman–Crippen MR) is 119 cm³/mol. The highest BCUT2D eigenvalue weighted by atomic mass is 32.1. The van der Waals surface area contributed by atoms with Gasteiger partial charge in [-0.3, -0.25) is 9.59 Å². The van der Waals surface area contributed by atoms with Crippen molar-refractivity contribution < 1.29 is 19.1 Å². The molecule has 0 fully saturated rings. The minimum Gasteiger partial charge on any atom is -0.468 e. The molecule has 0 aliphatic heterocycles. The number of carbonyl (C=O) groups is 2. The molecule has 7 heteroatoms. The largest absolute Gasteiger partial charge is 0.468 e. The van der Waals surface area contributed by atoms with E-state index < -0.39 is 11.9 Å². The van der Waals surface area contributed by atoms with E-state index in [1.807, 2.05) is 55.5 Å². The van der Waals surface area contributed by atoms with Crippen LogP contribution in [0.3, 0.4) is 0 Å². The Labute approximate surface area is 183 Å². The normalized spacial score (nSPS) is 11.5. The maximum atomic E-state index is 12.9. The number of aryl methyl sites for hydroxylation is 1. The number of amides is 1. The minimum absolute atomic E-state index is 0.0232. The molecular formula is C24H20N2O4S. The Kier molecular flexibility index (Phi) is 5.95. The molecule has 0 atom stereocenters. The topological polar surface area (TPSA) is 69.9 Å². The Balaban J connectivity index is 1.72. The molecule has 1 heterocycles. The summed E-state index contributed by atoms with van der Waals surface area (Å²) in [4.78, 5) is 29.7. The number of hydrogen-bond donors (Lipinski definition) is 0. The van der Waals surface area contributed by atoms with Crippen molar-refractivity contribution in [3.8, 4) is 11.5 Å². The first-order chi connectivity index (χ1) is 15.0. The van der Waals surface area contributed by atoms with Gasteiger partial charge in [-0.1, -0.05) is 47.7 Å². The van der Waals surface area contributed by atoms with Crippen LogP contribution in [0.5, 0.6) is 11.5 Å². The Morgan fingerprint density at radius 3 is 2.48 bits per heavy atom. The number of para-hydroxylation sites is 2. The third-order valence-electron chi connectivity index (χ3n) is 4.67. The summed E-state index contributed by atoms with van der Waals surface area (Å²) < 4.78 is 13.3. The van der Waals surface area contributed by atoms with Gasteiger partial charge in [-0.2, -0.15) is 4.99 Å². The highest BCUT2D eigenvalue weighted by molar-refractivity contribution is 7.16. The Morgan fingerprint density at radius 2 is 1.71 bits per heavy atom. The molecule has 0 aliphatic carbocycles. The van der Waals surface area contributed by atoms with Crippen LogP contribution < -0.4 is 9.54 Å². The van der Waals surface area contributed by atoms with Crippen molar-refractivity contribution in [1.29, 1.82) is 0 Å². The molecular weight excluding hydrogens is 412 g/mol. The van der Waals surface area contributed by atoms with Gasteiger partial charge in [0.15, 0.2) is 4.80 Å². The number of hydrogen-bond acceptors (Lipinski definition) is 5. The van der Waals surface area contributed by atoms with Crippen molar-refractivity contribution in [2.45, 2.75) is 13.5 Å². The Morgan fingerprint density at radius 1 is 0.968 bits per heavy atom. The lowest BCUT2D eigenvalue weighted by Crippen LogP contribution is -2.22. The lowest BCUT2D eigenvalue weighted by Gasteiger charge is -2.07. The molecule has 0 aliphatic rings. The quantitative estimate of drug-likeness (QED) is 0.428. The molecule has 0 saturated carbocycles. The molecule has 3 aromatic carbocycles. The fourth-order valence-electron chi connectivity index (χ4n) is 3.20. The molecule has 0 N–H and O–H groups in total. The van der Waals surface area contributed by atoms with Gasteiger partial charge < -0.3 is 14.0 Å². The van der Waals surface area contributed by atoms with E-state index in [2.05, 4.69) is 4.99 Å². The number of rotatable bonds is 5. The van der Waals surface area contributed by atoms with Gasteiger partial charge in [-0.05, 0) is 48.9 Å². The van der Waals surface area contributed by atoms with E-state index >= 15 is 0 Å². The van der Waals surface area contributed by atoms with E-state index in [0.717, 1.165) is 15.8 Å². The number of methoxy groups -OCH3 is 1. The van der Waals surface area contributed by atoms with Gasteiger partial charge in [0.25, 0.3) is 5.91 Å². The zero-order valence-corrected chi connectivity index (χ0v) is 17.9. The maximum Gasteiger partial charge on any atom is 0.325 e. The van der Waals surface area contributed by atoms with Gasteiger partial charge in [0.1, 0.15) is 18.0 Å². The van der Waals surface area contributed by atoms with E-state index in [4.69, 9.17) is 9.47 Å². The molecule has 1 amide bonds. The molecule has 1 aromatic heterocycles. The van der Waals surface area contributed by atoms with Gasteiger partial charge in [0, 0.05) is 5.56 Å². The number of thiazole rings is 1. The van der Waals surface area contributed by atoms with Crippen LogP contribution in [0.25, 0.3) is 10.2 Å². The summed E-state index contributed by atoms with van der Waals surface area (Å²) in [6.07, 6.45) is 0. The first-order valence-electron chi connectivity index (χ1n) is 9.63. The summed E-state index contributed by atoms with van der Waals surface area (Å²) in [7, 11) is 1.34. The Hall–Kier alpha value is -3.71. The van der Waals surface area contributed by atoms with Crippen LogP contribution in [0, 0.1) is 6.92 Å². The van der Waals surface area contributed by atoms with Gasteiger partial charge in [-0.25, -0.2) is 0 Å². The first-order valence-corrected chi connectivity index (χ1v) is 10.4. The number of fused-ring (bicyclic) bond motifs is 1. The van der Waals surface area contributed by atoms with Gasteiger partial charge in [0.2, 0.25) is 0 Å². The number of esters is 1. The van der Waals surface area contributed by atoms with Crippen LogP contribution in [0.2, 0.25) is 0 Å². The minimum atomic E-state index is -0.415.